The third-order valence-corrected chi connectivity index (χ3v) is 4.96. The van der Waals surface area contributed by atoms with Crippen LogP contribution in [0.3, 0.4) is 0 Å². The molecule has 1 aliphatic rings. The van der Waals surface area contributed by atoms with Gasteiger partial charge in [-0.1, -0.05) is 0 Å². The summed E-state index contributed by atoms with van der Waals surface area (Å²) in [5, 5.41) is 21.6. The van der Waals surface area contributed by atoms with E-state index in [0.717, 1.165) is 26.1 Å². The second kappa shape index (κ2) is 6.07. The maximum absolute atomic E-state index is 11.3. The van der Waals surface area contributed by atoms with Crippen molar-refractivity contribution in [3.63, 3.8) is 0 Å². The lowest BCUT2D eigenvalue weighted by atomic mass is 10.2. The van der Waals surface area contributed by atoms with E-state index in [1.807, 2.05) is 0 Å². The fraction of sp³-hybridized carbons (Fsp3) is 0.692. The molecule has 7 heteroatoms. The molecule has 112 valence electrons. The van der Waals surface area contributed by atoms with Gasteiger partial charge < -0.3 is 14.9 Å². The van der Waals surface area contributed by atoms with Crippen molar-refractivity contribution in [3.8, 4) is 0 Å². The molecule has 0 saturated carbocycles. The first-order chi connectivity index (χ1) is 9.40. The molecule has 1 saturated heterocycles. The third kappa shape index (κ3) is 3.11. The van der Waals surface area contributed by atoms with Crippen LogP contribution in [0, 0.1) is 10.1 Å². The Kier molecular flexibility index (Phi) is 4.62. The van der Waals surface area contributed by atoms with Crippen molar-refractivity contribution in [1.82, 2.24) is 4.90 Å². The van der Waals surface area contributed by atoms with Gasteiger partial charge in [0.1, 0.15) is 0 Å². The van der Waals surface area contributed by atoms with Crippen molar-refractivity contribution in [2.75, 3.05) is 31.6 Å². The highest BCUT2D eigenvalue weighted by Gasteiger charge is 2.29. The van der Waals surface area contributed by atoms with Gasteiger partial charge in [0.2, 0.25) is 0 Å². The van der Waals surface area contributed by atoms with Crippen LogP contribution in [0.15, 0.2) is 6.07 Å². The zero-order valence-corrected chi connectivity index (χ0v) is 12.9. The molecule has 0 aromatic carbocycles. The van der Waals surface area contributed by atoms with Crippen LogP contribution in [0.2, 0.25) is 0 Å². The van der Waals surface area contributed by atoms with Crippen molar-refractivity contribution in [1.29, 1.82) is 0 Å². The van der Waals surface area contributed by atoms with Crippen molar-refractivity contribution < 1.29 is 10.0 Å². The first kappa shape index (κ1) is 15.2. The van der Waals surface area contributed by atoms with Gasteiger partial charge in [-0.25, -0.2) is 0 Å². The predicted octanol–water partition coefficient (Wildman–Crippen LogP) is 2.24. The number of hydrogen-bond acceptors (Lipinski definition) is 6. The Bertz CT molecular complexity index is 489. The fourth-order valence-corrected chi connectivity index (χ4v) is 3.80. The zero-order valence-electron chi connectivity index (χ0n) is 12.1. The molecule has 2 rings (SSSR count). The van der Waals surface area contributed by atoms with Gasteiger partial charge in [-0.2, -0.15) is 0 Å². The Morgan fingerprint density at radius 1 is 1.55 bits per heavy atom. The van der Waals surface area contributed by atoms with Crippen molar-refractivity contribution in [2.24, 2.45) is 0 Å². The van der Waals surface area contributed by atoms with Gasteiger partial charge in [-0.15, -0.1) is 11.3 Å². The van der Waals surface area contributed by atoms with E-state index >= 15 is 0 Å². The minimum Gasteiger partial charge on any atom is -0.388 e. The van der Waals surface area contributed by atoms with E-state index in [1.165, 1.54) is 17.4 Å². The Labute approximate surface area is 122 Å². The van der Waals surface area contributed by atoms with Crippen LogP contribution in [-0.2, 0) is 0 Å². The molecule has 2 atom stereocenters. The molecular weight excluding hydrogens is 278 g/mol. The van der Waals surface area contributed by atoms with Crippen LogP contribution in [0.1, 0.15) is 31.2 Å². The number of thiophene rings is 1. The number of anilines is 1. The summed E-state index contributed by atoms with van der Waals surface area (Å²) in [4.78, 5) is 15.9. The first-order valence-corrected chi connectivity index (χ1v) is 7.63. The average Bonchev–Trinajstić information content (AvgIpc) is 2.72. The van der Waals surface area contributed by atoms with E-state index in [1.54, 1.807) is 6.92 Å². The molecule has 1 aromatic rings. The number of hydrogen-bond donors (Lipinski definition) is 1. The SMILES string of the molecule is CC(O)c1cc([N+](=O)[O-])c(N2CCCN(C)CC2C)s1. The standard InChI is InChI=1S/C13H21N3O3S/c1-9-8-14(3)5-4-6-15(9)13-11(16(18)19)7-12(20-13)10(2)17/h7,9-10,17H,4-6,8H2,1-3H3. The van der Waals surface area contributed by atoms with Gasteiger partial charge in [0.15, 0.2) is 5.00 Å². The summed E-state index contributed by atoms with van der Waals surface area (Å²) in [5.41, 5.74) is 0.113. The smallest absolute Gasteiger partial charge is 0.304 e. The molecule has 1 aromatic heterocycles. The summed E-state index contributed by atoms with van der Waals surface area (Å²) in [6.07, 6.45) is 0.317. The number of aliphatic hydroxyl groups is 1. The summed E-state index contributed by atoms with van der Waals surface area (Å²) < 4.78 is 0. The van der Waals surface area contributed by atoms with E-state index in [9.17, 15) is 15.2 Å². The number of aliphatic hydroxyl groups excluding tert-OH is 1. The molecule has 2 unspecified atom stereocenters. The largest absolute Gasteiger partial charge is 0.388 e. The van der Waals surface area contributed by atoms with Crippen molar-refractivity contribution in [3.05, 3.63) is 21.1 Å². The number of nitro groups is 1. The van der Waals surface area contributed by atoms with Gasteiger partial charge in [0.05, 0.1) is 11.0 Å². The summed E-state index contributed by atoms with van der Waals surface area (Å²) in [6.45, 7) is 6.43. The molecule has 6 nitrogen and oxygen atoms in total. The van der Waals surface area contributed by atoms with Gasteiger partial charge in [0, 0.05) is 30.1 Å². The Hall–Kier alpha value is -1.18. The van der Waals surface area contributed by atoms with Crippen molar-refractivity contribution >= 4 is 22.0 Å². The molecular formula is C13H21N3O3S. The normalized spacial score (nSPS) is 22.6. The molecule has 0 amide bonds. The van der Waals surface area contributed by atoms with Crippen LogP contribution in [0.25, 0.3) is 0 Å². The maximum atomic E-state index is 11.3. The molecule has 1 fully saturated rings. The lowest BCUT2D eigenvalue weighted by Crippen LogP contribution is -2.37. The van der Waals surface area contributed by atoms with Crippen LogP contribution < -0.4 is 4.90 Å². The summed E-state index contributed by atoms with van der Waals surface area (Å²) in [7, 11) is 2.07. The lowest BCUT2D eigenvalue weighted by molar-refractivity contribution is -0.383. The number of rotatable bonds is 3. The summed E-state index contributed by atoms with van der Waals surface area (Å²) in [5.74, 6) is 0. The van der Waals surface area contributed by atoms with Gasteiger partial charge in [-0.3, -0.25) is 10.1 Å². The molecule has 0 bridgehead atoms. The second-order valence-electron chi connectivity index (χ2n) is 5.43. The van der Waals surface area contributed by atoms with Gasteiger partial charge >= 0.3 is 5.69 Å². The minimum atomic E-state index is -0.669. The molecule has 1 N–H and O–H groups in total. The average molecular weight is 299 g/mol. The zero-order chi connectivity index (χ0) is 14.9. The van der Waals surface area contributed by atoms with E-state index in [-0.39, 0.29) is 16.7 Å². The van der Waals surface area contributed by atoms with Gasteiger partial charge in [0.25, 0.3) is 0 Å². The van der Waals surface area contributed by atoms with Gasteiger partial charge in [-0.05, 0) is 33.9 Å². The molecule has 2 heterocycles. The van der Waals surface area contributed by atoms with E-state index < -0.39 is 6.10 Å². The Morgan fingerprint density at radius 3 is 2.85 bits per heavy atom. The topological polar surface area (TPSA) is 69.8 Å². The minimum absolute atomic E-state index is 0.113. The third-order valence-electron chi connectivity index (χ3n) is 3.63. The molecule has 0 radical (unpaired) electrons. The van der Waals surface area contributed by atoms with Crippen molar-refractivity contribution in [2.45, 2.75) is 32.4 Å². The highest BCUT2D eigenvalue weighted by atomic mass is 32.1. The van der Waals surface area contributed by atoms with E-state index in [2.05, 4.69) is 23.8 Å². The monoisotopic (exact) mass is 299 g/mol. The van der Waals surface area contributed by atoms with E-state index in [4.69, 9.17) is 0 Å². The first-order valence-electron chi connectivity index (χ1n) is 6.81. The highest BCUT2D eigenvalue weighted by Crippen LogP contribution is 2.41. The molecule has 0 aliphatic carbocycles. The van der Waals surface area contributed by atoms with Crippen LogP contribution in [0.5, 0.6) is 0 Å². The number of likely N-dealkylation sites (N-methyl/N-ethyl adjacent to an activating group) is 1. The molecule has 1 aliphatic heterocycles. The molecule has 20 heavy (non-hydrogen) atoms. The Balaban J connectivity index is 2.36. The highest BCUT2D eigenvalue weighted by molar-refractivity contribution is 7.16. The Morgan fingerprint density at radius 2 is 2.25 bits per heavy atom. The van der Waals surface area contributed by atoms with Crippen LogP contribution in [0.4, 0.5) is 10.7 Å². The maximum Gasteiger partial charge on any atom is 0.304 e. The predicted molar refractivity (Wildman–Crippen MR) is 80.5 cm³/mol. The number of nitrogens with zero attached hydrogens (tertiary/aromatic N) is 3. The summed E-state index contributed by atoms with van der Waals surface area (Å²) in [6, 6.07) is 1.73. The lowest BCUT2D eigenvalue weighted by Gasteiger charge is -2.28. The van der Waals surface area contributed by atoms with Crippen LogP contribution >= 0.6 is 11.3 Å². The summed E-state index contributed by atoms with van der Waals surface area (Å²) >= 11 is 1.33. The molecule has 0 spiro atoms. The van der Waals surface area contributed by atoms with Crippen LogP contribution in [-0.4, -0.2) is 47.7 Å². The quantitative estimate of drug-likeness (QED) is 0.684. The fourth-order valence-electron chi connectivity index (χ4n) is 2.61. The van der Waals surface area contributed by atoms with E-state index in [0.29, 0.717) is 9.88 Å². The second-order valence-corrected chi connectivity index (χ2v) is 6.49.